The highest BCUT2D eigenvalue weighted by molar-refractivity contribution is 5.93. The van der Waals surface area contributed by atoms with Gasteiger partial charge < -0.3 is 9.47 Å². The van der Waals surface area contributed by atoms with Crippen molar-refractivity contribution in [3.05, 3.63) is 64.8 Å². The predicted molar refractivity (Wildman–Crippen MR) is 81.1 cm³/mol. The molecule has 0 radical (unpaired) electrons. The van der Waals surface area contributed by atoms with Gasteiger partial charge in [0.25, 0.3) is 5.91 Å². The monoisotopic (exact) mass is 285 g/mol. The van der Waals surface area contributed by atoms with Gasteiger partial charge >= 0.3 is 0 Å². The highest BCUT2D eigenvalue weighted by Crippen LogP contribution is 2.04. The zero-order valence-corrected chi connectivity index (χ0v) is 12.1. The van der Waals surface area contributed by atoms with Crippen LogP contribution in [0.25, 0.3) is 0 Å². The van der Waals surface area contributed by atoms with Crippen molar-refractivity contribution in [1.82, 2.24) is 14.5 Å². The van der Waals surface area contributed by atoms with E-state index >= 15 is 0 Å². The lowest BCUT2D eigenvalue weighted by atomic mass is 10.2. The number of aromatic nitrogens is 2. The van der Waals surface area contributed by atoms with Crippen LogP contribution in [0.1, 0.15) is 23.7 Å². The van der Waals surface area contributed by atoms with E-state index in [0.29, 0.717) is 25.2 Å². The summed E-state index contributed by atoms with van der Waals surface area (Å²) >= 11 is 0. The molecule has 110 valence electrons. The molecule has 0 aliphatic rings. The maximum absolute atomic E-state index is 12.3. The van der Waals surface area contributed by atoms with Crippen molar-refractivity contribution in [3.8, 4) is 0 Å². The van der Waals surface area contributed by atoms with Gasteiger partial charge in [-0.15, -0.1) is 0 Å². The second-order valence-corrected chi connectivity index (χ2v) is 4.71. The molecule has 0 spiro atoms. The third-order valence-corrected chi connectivity index (χ3v) is 3.30. The van der Waals surface area contributed by atoms with Crippen molar-refractivity contribution in [2.45, 2.75) is 19.9 Å². The number of amides is 1. The van der Waals surface area contributed by atoms with Crippen LogP contribution in [0, 0.1) is 0 Å². The molecule has 5 nitrogen and oxygen atoms in total. The highest BCUT2D eigenvalue weighted by atomic mass is 16.2. The van der Waals surface area contributed by atoms with E-state index in [0.717, 1.165) is 6.42 Å². The Balaban J connectivity index is 1.93. The molecule has 2 rings (SSSR count). The van der Waals surface area contributed by atoms with Crippen molar-refractivity contribution >= 4 is 5.91 Å². The first-order valence-electron chi connectivity index (χ1n) is 7.07. The van der Waals surface area contributed by atoms with Crippen molar-refractivity contribution in [1.29, 1.82) is 0 Å². The maximum Gasteiger partial charge on any atom is 0.255 e. The molecular formula is C16H19N3O2. The second-order valence-electron chi connectivity index (χ2n) is 4.71. The van der Waals surface area contributed by atoms with Crippen LogP contribution in [-0.2, 0) is 6.54 Å². The first kappa shape index (κ1) is 15.0. The van der Waals surface area contributed by atoms with Crippen LogP contribution < -0.4 is 5.56 Å². The zero-order valence-electron chi connectivity index (χ0n) is 12.1. The van der Waals surface area contributed by atoms with Crippen LogP contribution in [0.5, 0.6) is 0 Å². The number of pyridine rings is 2. The molecule has 0 fully saturated rings. The molecule has 0 aliphatic carbocycles. The highest BCUT2D eigenvalue weighted by Gasteiger charge is 2.13. The van der Waals surface area contributed by atoms with Gasteiger partial charge in [0, 0.05) is 44.3 Å². The fourth-order valence-corrected chi connectivity index (χ4v) is 2.15. The van der Waals surface area contributed by atoms with Crippen LogP contribution >= 0.6 is 0 Å². The summed E-state index contributed by atoms with van der Waals surface area (Å²) in [5.41, 5.74) is 0.579. The number of hydrogen-bond donors (Lipinski definition) is 0. The molecule has 0 saturated heterocycles. The third-order valence-electron chi connectivity index (χ3n) is 3.30. The summed E-state index contributed by atoms with van der Waals surface area (Å²) < 4.78 is 1.66. The number of aryl methyl sites for hydroxylation is 1. The summed E-state index contributed by atoms with van der Waals surface area (Å²) in [6.45, 7) is 3.81. The van der Waals surface area contributed by atoms with Crippen molar-refractivity contribution in [2.24, 2.45) is 0 Å². The first-order valence-corrected chi connectivity index (χ1v) is 7.07. The van der Waals surface area contributed by atoms with Crippen molar-refractivity contribution in [3.63, 3.8) is 0 Å². The molecule has 0 atom stereocenters. The molecule has 2 aromatic heterocycles. The van der Waals surface area contributed by atoms with Gasteiger partial charge in [-0.1, -0.05) is 6.07 Å². The van der Waals surface area contributed by atoms with Gasteiger partial charge in [0.15, 0.2) is 0 Å². The Labute approximate surface area is 123 Å². The largest absolute Gasteiger partial charge is 0.339 e. The topological polar surface area (TPSA) is 55.2 Å². The summed E-state index contributed by atoms with van der Waals surface area (Å²) in [6, 6.07) is 8.62. The fourth-order valence-electron chi connectivity index (χ4n) is 2.15. The van der Waals surface area contributed by atoms with E-state index < -0.39 is 0 Å². The fraction of sp³-hybridized carbons (Fsp3) is 0.312. The van der Waals surface area contributed by atoms with E-state index in [1.54, 1.807) is 52.3 Å². The quantitative estimate of drug-likeness (QED) is 0.813. The average Bonchev–Trinajstić information content (AvgIpc) is 2.53. The van der Waals surface area contributed by atoms with Gasteiger partial charge in [0.1, 0.15) is 0 Å². The lowest BCUT2D eigenvalue weighted by Gasteiger charge is -2.21. The van der Waals surface area contributed by atoms with Crippen LogP contribution in [-0.4, -0.2) is 33.4 Å². The molecule has 0 aliphatic heterocycles. The Morgan fingerprint density at radius 2 is 2.14 bits per heavy atom. The Kier molecular flexibility index (Phi) is 5.26. The number of carbonyl (C=O) groups is 1. The molecular weight excluding hydrogens is 266 g/mol. The van der Waals surface area contributed by atoms with Gasteiger partial charge in [-0.25, -0.2) is 0 Å². The molecule has 0 bridgehead atoms. The van der Waals surface area contributed by atoms with Crippen molar-refractivity contribution < 1.29 is 4.79 Å². The van der Waals surface area contributed by atoms with E-state index in [4.69, 9.17) is 0 Å². The molecule has 5 heteroatoms. The lowest BCUT2D eigenvalue weighted by Crippen LogP contribution is -2.33. The van der Waals surface area contributed by atoms with E-state index in [-0.39, 0.29) is 11.5 Å². The van der Waals surface area contributed by atoms with Gasteiger partial charge in [0.2, 0.25) is 5.56 Å². The summed E-state index contributed by atoms with van der Waals surface area (Å²) in [7, 11) is 0. The molecule has 0 unspecified atom stereocenters. The zero-order chi connectivity index (χ0) is 15.1. The Morgan fingerprint density at radius 1 is 1.29 bits per heavy atom. The number of carbonyl (C=O) groups excluding carboxylic acids is 1. The Hall–Kier alpha value is -2.43. The molecule has 0 aromatic carbocycles. The molecule has 0 N–H and O–H groups in total. The van der Waals surface area contributed by atoms with E-state index in [1.165, 1.54) is 0 Å². The van der Waals surface area contributed by atoms with Crippen LogP contribution in [0.4, 0.5) is 0 Å². The minimum absolute atomic E-state index is 0.0147. The smallest absolute Gasteiger partial charge is 0.255 e. The summed E-state index contributed by atoms with van der Waals surface area (Å²) in [4.78, 5) is 29.6. The van der Waals surface area contributed by atoms with E-state index in [1.807, 2.05) is 13.0 Å². The second kappa shape index (κ2) is 7.38. The predicted octanol–water partition coefficient (Wildman–Crippen LogP) is 1.80. The van der Waals surface area contributed by atoms with Crippen LogP contribution in [0.15, 0.2) is 53.7 Å². The number of nitrogens with zero attached hydrogens (tertiary/aromatic N) is 3. The minimum Gasteiger partial charge on any atom is -0.339 e. The normalized spacial score (nSPS) is 10.3. The third kappa shape index (κ3) is 4.02. The average molecular weight is 285 g/mol. The van der Waals surface area contributed by atoms with E-state index in [2.05, 4.69) is 4.98 Å². The van der Waals surface area contributed by atoms with Crippen molar-refractivity contribution in [2.75, 3.05) is 13.1 Å². The number of rotatable bonds is 6. The molecule has 2 heterocycles. The standard InChI is InChI=1S/C16H19N3O2/c1-2-18(16(21)14-7-5-9-17-13-14)11-6-12-19-10-4-3-8-15(19)20/h3-5,7-10,13H,2,6,11-12H2,1H3. The van der Waals surface area contributed by atoms with Gasteiger partial charge in [0.05, 0.1) is 5.56 Å². The molecule has 21 heavy (non-hydrogen) atoms. The summed E-state index contributed by atoms with van der Waals surface area (Å²) in [6.07, 6.45) is 5.73. The maximum atomic E-state index is 12.3. The Bertz CT molecular complexity index is 637. The lowest BCUT2D eigenvalue weighted by molar-refractivity contribution is 0.0760. The summed E-state index contributed by atoms with van der Waals surface area (Å²) in [5, 5.41) is 0. The first-order chi connectivity index (χ1) is 10.2. The van der Waals surface area contributed by atoms with Gasteiger partial charge in [-0.3, -0.25) is 14.6 Å². The minimum atomic E-state index is -0.0222. The number of hydrogen-bond acceptors (Lipinski definition) is 3. The SMILES string of the molecule is CCN(CCCn1ccccc1=O)C(=O)c1cccnc1. The Morgan fingerprint density at radius 3 is 2.81 bits per heavy atom. The van der Waals surface area contributed by atoms with Crippen LogP contribution in [0.2, 0.25) is 0 Å². The van der Waals surface area contributed by atoms with Crippen LogP contribution in [0.3, 0.4) is 0 Å². The van der Waals surface area contributed by atoms with Gasteiger partial charge in [-0.05, 0) is 31.5 Å². The molecule has 2 aromatic rings. The van der Waals surface area contributed by atoms with E-state index in [9.17, 15) is 9.59 Å². The molecule has 0 saturated carbocycles. The molecule has 1 amide bonds. The summed E-state index contributed by atoms with van der Waals surface area (Å²) in [5.74, 6) is -0.0222. The van der Waals surface area contributed by atoms with Gasteiger partial charge in [-0.2, -0.15) is 0 Å².